The number of piperazine rings is 1. The summed E-state index contributed by atoms with van der Waals surface area (Å²) in [5.74, 6) is 0.283. The average molecular weight is 624 g/mol. The summed E-state index contributed by atoms with van der Waals surface area (Å²) in [4.78, 5) is 28.7. The van der Waals surface area contributed by atoms with Crippen molar-refractivity contribution in [3.8, 4) is 28.8 Å². The number of halogens is 1. The van der Waals surface area contributed by atoms with E-state index in [1.54, 1.807) is 39.9 Å². The molecule has 2 N–H and O–H groups in total. The SMILES string of the molecule is CN1CCN(C(C)(C)C=C(C#N)C(=O)N2CCC[C@H](n3nc(-c4ccc(Oc5ccccc5)cc4F)c4c(N)ncnc43)C2)CC1. The number of ether oxygens (including phenoxy) is 1. The number of amides is 1. The molecule has 2 fully saturated rings. The third-order valence-electron chi connectivity index (χ3n) is 8.89. The molecule has 0 bridgehead atoms. The third-order valence-corrected chi connectivity index (χ3v) is 8.89. The van der Waals surface area contributed by atoms with E-state index in [-0.39, 0.29) is 28.9 Å². The van der Waals surface area contributed by atoms with Gasteiger partial charge < -0.3 is 20.3 Å². The number of aromatic nitrogens is 4. The number of nitrogens with zero attached hydrogens (tertiary/aromatic N) is 8. The molecule has 0 unspecified atom stereocenters. The van der Waals surface area contributed by atoms with E-state index in [0.29, 0.717) is 54.2 Å². The number of likely N-dealkylation sites (tertiary alicyclic amines) is 1. The van der Waals surface area contributed by atoms with Crippen LogP contribution in [-0.2, 0) is 4.79 Å². The Morgan fingerprint density at radius 3 is 2.57 bits per heavy atom. The van der Waals surface area contributed by atoms with Crippen molar-refractivity contribution in [3.63, 3.8) is 0 Å². The maximum absolute atomic E-state index is 15.6. The van der Waals surface area contributed by atoms with Gasteiger partial charge in [0.25, 0.3) is 5.91 Å². The van der Waals surface area contributed by atoms with E-state index < -0.39 is 11.4 Å². The van der Waals surface area contributed by atoms with Crippen LogP contribution in [0.1, 0.15) is 32.7 Å². The van der Waals surface area contributed by atoms with Crippen LogP contribution in [0.15, 0.2) is 66.5 Å². The number of hydrogen-bond acceptors (Lipinski definition) is 9. The van der Waals surface area contributed by atoms with Gasteiger partial charge in [0.15, 0.2) is 5.65 Å². The number of rotatable bonds is 7. The highest BCUT2D eigenvalue weighted by molar-refractivity contribution is 5.99. The van der Waals surface area contributed by atoms with Gasteiger partial charge in [0.05, 0.1) is 11.4 Å². The maximum atomic E-state index is 15.6. The molecule has 238 valence electrons. The molecule has 0 aliphatic carbocycles. The Morgan fingerprint density at radius 1 is 1.09 bits per heavy atom. The van der Waals surface area contributed by atoms with Crippen LogP contribution in [-0.4, -0.2) is 92.2 Å². The minimum absolute atomic E-state index is 0.127. The van der Waals surface area contributed by atoms with Crippen molar-refractivity contribution in [2.45, 2.75) is 38.3 Å². The number of anilines is 1. The summed E-state index contributed by atoms with van der Waals surface area (Å²) in [7, 11) is 2.09. The number of nitriles is 1. The first-order chi connectivity index (χ1) is 22.1. The highest BCUT2D eigenvalue weighted by Gasteiger charge is 2.33. The van der Waals surface area contributed by atoms with Crippen molar-refractivity contribution in [1.29, 1.82) is 5.26 Å². The molecule has 2 aliphatic heterocycles. The van der Waals surface area contributed by atoms with Gasteiger partial charge in [0, 0.05) is 56.4 Å². The standard InChI is InChI=1S/C34H38FN9O2/c1-34(2,43-16-14-41(3)15-17-43)19-23(20-36)33(45)42-13-7-8-24(21-42)44-32-29(31(37)38-22-39-32)30(40-44)27-12-11-26(18-28(27)35)46-25-9-5-4-6-10-25/h4-6,9-12,18-19,22,24H,7-8,13-17,21H2,1-3H3,(H2,37,38,39)/t24-/m0/s1. The van der Waals surface area contributed by atoms with Gasteiger partial charge in [-0.2, -0.15) is 10.4 Å². The van der Waals surface area contributed by atoms with Crippen LogP contribution >= 0.6 is 0 Å². The van der Waals surface area contributed by atoms with Crippen molar-refractivity contribution in [3.05, 3.63) is 72.3 Å². The van der Waals surface area contributed by atoms with Crippen LogP contribution in [0.5, 0.6) is 11.5 Å². The summed E-state index contributed by atoms with van der Waals surface area (Å²) in [6.07, 6.45) is 4.58. The molecule has 4 aromatic rings. The highest BCUT2D eigenvalue weighted by atomic mass is 19.1. The molecule has 2 aromatic heterocycles. The molecule has 1 atom stereocenters. The van der Waals surface area contributed by atoms with Crippen molar-refractivity contribution in [2.75, 3.05) is 52.0 Å². The van der Waals surface area contributed by atoms with Crippen LogP contribution in [0.4, 0.5) is 10.2 Å². The van der Waals surface area contributed by atoms with E-state index in [9.17, 15) is 10.1 Å². The number of nitrogens with two attached hydrogens (primary N) is 1. The summed E-state index contributed by atoms with van der Waals surface area (Å²) in [5, 5.41) is 15.3. The fourth-order valence-corrected chi connectivity index (χ4v) is 6.29. The number of carbonyl (C=O) groups excluding carboxylic acids is 1. The molecule has 0 spiro atoms. The van der Waals surface area contributed by atoms with Gasteiger partial charge in [-0.25, -0.2) is 19.0 Å². The molecule has 2 saturated heterocycles. The molecule has 1 amide bonds. The van der Waals surface area contributed by atoms with E-state index in [4.69, 9.17) is 15.6 Å². The molecule has 0 radical (unpaired) electrons. The van der Waals surface area contributed by atoms with Gasteiger partial charge in [-0.05, 0) is 64.1 Å². The number of fused-ring (bicyclic) bond motifs is 1. The van der Waals surface area contributed by atoms with Gasteiger partial charge in [0.2, 0.25) is 0 Å². The lowest BCUT2D eigenvalue weighted by Gasteiger charge is -2.42. The summed E-state index contributed by atoms with van der Waals surface area (Å²) in [5.41, 5.74) is 6.99. The molecule has 6 rings (SSSR count). The van der Waals surface area contributed by atoms with E-state index >= 15 is 4.39 Å². The fourth-order valence-electron chi connectivity index (χ4n) is 6.29. The maximum Gasteiger partial charge on any atom is 0.264 e. The number of nitrogen functional groups attached to an aromatic ring is 1. The minimum atomic E-state index is -0.532. The first kappa shape index (κ1) is 31.1. The zero-order valence-corrected chi connectivity index (χ0v) is 26.4. The fraction of sp³-hybridized carbons (Fsp3) is 0.382. The minimum Gasteiger partial charge on any atom is -0.457 e. The molecule has 2 aromatic carbocycles. The molecule has 2 aliphatic rings. The predicted molar refractivity (Wildman–Crippen MR) is 173 cm³/mol. The van der Waals surface area contributed by atoms with Crippen LogP contribution in [0.3, 0.4) is 0 Å². The Kier molecular flexibility index (Phi) is 8.71. The number of benzene rings is 2. The van der Waals surface area contributed by atoms with E-state index in [1.807, 2.05) is 32.0 Å². The van der Waals surface area contributed by atoms with Crippen molar-refractivity contribution in [1.82, 2.24) is 34.4 Å². The van der Waals surface area contributed by atoms with E-state index in [2.05, 4.69) is 32.9 Å². The lowest BCUT2D eigenvalue weighted by molar-refractivity contribution is -0.128. The van der Waals surface area contributed by atoms with Crippen LogP contribution in [0.2, 0.25) is 0 Å². The molecular weight excluding hydrogens is 585 g/mol. The largest absolute Gasteiger partial charge is 0.457 e. The molecule has 12 heteroatoms. The summed E-state index contributed by atoms with van der Waals surface area (Å²) in [6, 6.07) is 15.6. The summed E-state index contributed by atoms with van der Waals surface area (Å²) >= 11 is 0. The van der Waals surface area contributed by atoms with Crippen LogP contribution < -0.4 is 10.5 Å². The van der Waals surface area contributed by atoms with E-state index in [0.717, 1.165) is 26.2 Å². The third kappa shape index (κ3) is 6.29. The predicted octanol–water partition coefficient (Wildman–Crippen LogP) is 4.65. The lowest BCUT2D eigenvalue weighted by Crippen LogP contribution is -2.53. The van der Waals surface area contributed by atoms with Gasteiger partial charge >= 0.3 is 0 Å². The van der Waals surface area contributed by atoms with Gasteiger partial charge in [-0.15, -0.1) is 0 Å². The quantitative estimate of drug-likeness (QED) is 0.231. The number of para-hydroxylation sites is 1. The summed E-state index contributed by atoms with van der Waals surface area (Å²) in [6.45, 7) is 8.52. The highest BCUT2D eigenvalue weighted by Crippen LogP contribution is 2.36. The van der Waals surface area contributed by atoms with E-state index in [1.165, 1.54) is 12.4 Å². The van der Waals surface area contributed by atoms with Crippen LogP contribution in [0.25, 0.3) is 22.3 Å². The molecule has 4 heterocycles. The summed E-state index contributed by atoms with van der Waals surface area (Å²) < 4.78 is 23.2. The Morgan fingerprint density at radius 2 is 1.85 bits per heavy atom. The Bertz CT molecular complexity index is 1810. The normalized spacial score (nSPS) is 18.5. The molecule has 11 nitrogen and oxygen atoms in total. The van der Waals surface area contributed by atoms with Crippen molar-refractivity contribution < 1.29 is 13.9 Å². The molecular formula is C34H38FN9O2. The Hall–Kier alpha value is -4.86. The monoisotopic (exact) mass is 623 g/mol. The second kappa shape index (κ2) is 12.9. The van der Waals surface area contributed by atoms with Crippen molar-refractivity contribution >= 4 is 22.8 Å². The Balaban J connectivity index is 1.27. The molecule has 0 saturated carbocycles. The number of likely N-dealkylation sites (N-methyl/N-ethyl adjacent to an activating group) is 1. The topological polar surface area (TPSA) is 129 Å². The van der Waals surface area contributed by atoms with Gasteiger partial charge in [-0.3, -0.25) is 9.69 Å². The van der Waals surface area contributed by atoms with Gasteiger partial charge in [0.1, 0.15) is 46.8 Å². The molecule has 46 heavy (non-hydrogen) atoms. The zero-order chi connectivity index (χ0) is 32.4. The number of carbonyl (C=O) groups is 1. The number of hydrogen-bond donors (Lipinski definition) is 1. The second-order valence-corrected chi connectivity index (χ2v) is 12.5. The first-order valence-corrected chi connectivity index (χ1v) is 15.5. The average Bonchev–Trinajstić information content (AvgIpc) is 3.45. The van der Waals surface area contributed by atoms with Crippen molar-refractivity contribution in [2.24, 2.45) is 0 Å². The van der Waals surface area contributed by atoms with Crippen LogP contribution in [0, 0.1) is 17.1 Å². The van der Waals surface area contributed by atoms with Gasteiger partial charge in [-0.1, -0.05) is 18.2 Å². The number of piperidine rings is 1. The second-order valence-electron chi connectivity index (χ2n) is 12.5. The lowest BCUT2D eigenvalue weighted by atomic mass is 9.96. The smallest absolute Gasteiger partial charge is 0.264 e. The zero-order valence-electron chi connectivity index (χ0n) is 26.4. The first-order valence-electron chi connectivity index (χ1n) is 15.5. The Labute approximate surface area is 267 Å².